The summed E-state index contributed by atoms with van der Waals surface area (Å²) in [6.45, 7) is 3.55. The number of hydrogen-bond donors (Lipinski definition) is 2. The molecule has 2 N–H and O–H groups in total. The van der Waals surface area contributed by atoms with Crippen LogP contribution in [0.5, 0.6) is 0 Å². The Hall–Kier alpha value is -2.87. The number of rotatable bonds is 4. The number of nitrogens with one attached hydrogen (secondary N) is 2. The lowest BCUT2D eigenvalue weighted by Gasteiger charge is -2.28. The van der Waals surface area contributed by atoms with Crippen LogP contribution in [0.15, 0.2) is 24.4 Å². The fraction of sp³-hybridized carbons (Fsp3) is 0.478. The molecule has 9 heteroatoms. The maximum atomic E-state index is 12.9. The van der Waals surface area contributed by atoms with Crippen LogP contribution in [0, 0.1) is 6.92 Å². The van der Waals surface area contributed by atoms with Gasteiger partial charge in [-0.15, -0.1) is 5.10 Å². The van der Waals surface area contributed by atoms with Gasteiger partial charge in [0.25, 0.3) is 11.8 Å². The predicted molar refractivity (Wildman–Crippen MR) is 122 cm³/mol. The van der Waals surface area contributed by atoms with Crippen LogP contribution in [0.3, 0.4) is 0 Å². The number of carbonyl (C=O) groups is 2. The summed E-state index contributed by atoms with van der Waals surface area (Å²) in [5.41, 5.74) is 2.83. The number of benzene rings is 1. The van der Waals surface area contributed by atoms with Crippen LogP contribution in [0.2, 0.25) is 5.02 Å². The third kappa shape index (κ3) is 3.99. The quantitative estimate of drug-likeness (QED) is 0.625. The first-order valence-electron chi connectivity index (χ1n) is 11.3. The smallest absolute Gasteiger partial charge is 0.276 e. The molecule has 168 valence electrons. The second kappa shape index (κ2) is 8.58. The zero-order valence-corrected chi connectivity index (χ0v) is 18.9. The largest absolute Gasteiger partial charge is 0.350 e. The monoisotopic (exact) mass is 454 g/mol. The van der Waals surface area contributed by atoms with E-state index >= 15 is 0 Å². The molecule has 2 aromatic heterocycles. The maximum Gasteiger partial charge on any atom is 0.276 e. The van der Waals surface area contributed by atoms with Crippen molar-refractivity contribution in [3.8, 4) is 0 Å². The SMILES string of the molecule is Cc1c(C(=O)NC2CCC(n3cc(C(=O)N4CCCC4)nn3)CC2)[nH]c2ccc(Cl)cc12. The fourth-order valence-electron chi connectivity index (χ4n) is 4.90. The summed E-state index contributed by atoms with van der Waals surface area (Å²) < 4.78 is 1.83. The molecule has 0 atom stereocenters. The average molecular weight is 455 g/mol. The Morgan fingerprint density at radius 3 is 2.66 bits per heavy atom. The van der Waals surface area contributed by atoms with Crippen LogP contribution in [0.1, 0.15) is 71.1 Å². The number of aromatic nitrogens is 4. The van der Waals surface area contributed by atoms with Gasteiger partial charge in [-0.3, -0.25) is 9.59 Å². The molecule has 0 bridgehead atoms. The standard InChI is InChI=1S/C23H27ClN6O2/c1-14-18-12-15(24)4-9-19(18)26-21(14)22(31)25-16-5-7-17(8-6-16)30-13-20(27-28-30)23(32)29-10-2-3-11-29/h4,9,12-13,16-17,26H,2-3,5-8,10-11H2,1H3,(H,25,31). The van der Waals surface area contributed by atoms with E-state index in [4.69, 9.17) is 11.6 Å². The van der Waals surface area contributed by atoms with Gasteiger partial charge < -0.3 is 15.2 Å². The minimum atomic E-state index is -0.0856. The van der Waals surface area contributed by atoms with Crippen LogP contribution >= 0.6 is 11.6 Å². The number of amides is 2. The second-order valence-electron chi connectivity index (χ2n) is 8.88. The third-order valence-electron chi connectivity index (χ3n) is 6.78. The highest BCUT2D eigenvalue weighted by molar-refractivity contribution is 6.31. The summed E-state index contributed by atoms with van der Waals surface area (Å²) in [6.07, 6.45) is 7.37. The van der Waals surface area contributed by atoms with E-state index in [0.717, 1.165) is 68.1 Å². The molecule has 2 amide bonds. The molecule has 0 radical (unpaired) electrons. The average Bonchev–Trinajstić information content (AvgIpc) is 3.55. The minimum Gasteiger partial charge on any atom is -0.350 e. The van der Waals surface area contributed by atoms with E-state index in [1.807, 2.05) is 34.7 Å². The molecule has 1 aliphatic carbocycles. The molecule has 32 heavy (non-hydrogen) atoms. The Bertz CT molecular complexity index is 1150. The molecular weight excluding hydrogens is 428 g/mol. The normalized spacial score (nSPS) is 21.2. The van der Waals surface area contributed by atoms with E-state index in [2.05, 4.69) is 20.6 Å². The number of fused-ring (bicyclic) bond motifs is 1. The fourth-order valence-corrected chi connectivity index (χ4v) is 5.08. The molecule has 1 aliphatic heterocycles. The van der Waals surface area contributed by atoms with Gasteiger partial charge >= 0.3 is 0 Å². The third-order valence-corrected chi connectivity index (χ3v) is 7.01. The summed E-state index contributed by atoms with van der Waals surface area (Å²) in [7, 11) is 0. The van der Waals surface area contributed by atoms with Gasteiger partial charge in [0.05, 0.1) is 12.2 Å². The van der Waals surface area contributed by atoms with Crippen molar-refractivity contribution in [1.29, 1.82) is 0 Å². The zero-order chi connectivity index (χ0) is 22.2. The van der Waals surface area contributed by atoms with Crippen molar-refractivity contribution < 1.29 is 9.59 Å². The molecule has 1 saturated carbocycles. The Kier molecular flexibility index (Phi) is 5.63. The number of nitrogens with zero attached hydrogens (tertiary/aromatic N) is 4. The second-order valence-corrected chi connectivity index (χ2v) is 9.31. The van der Waals surface area contributed by atoms with Gasteiger partial charge in [0.1, 0.15) is 5.69 Å². The highest BCUT2D eigenvalue weighted by Gasteiger charge is 2.28. The first-order valence-corrected chi connectivity index (χ1v) is 11.7. The Morgan fingerprint density at radius 1 is 1.16 bits per heavy atom. The molecule has 2 aliphatic rings. The van der Waals surface area contributed by atoms with Crippen molar-refractivity contribution >= 4 is 34.3 Å². The van der Waals surface area contributed by atoms with Crippen molar-refractivity contribution in [2.75, 3.05) is 13.1 Å². The minimum absolute atomic E-state index is 0.0234. The lowest BCUT2D eigenvalue weighted by atomic mass is 9.91. The van der Waals surface area contributed by atoms with E-state index in [1.54, 1.807) is 6.20 Å². The van der Waals surface area contributed by atoms with Gasteiger partial charge in [0.15, 0.2) is 5.69 Å². The van der Waals surface area contributed by atoms with Crippen LogP contribution in [0.25, 0.3) is 10.9 Å². The van der Waals surface area contributed by atoms with E-state index < -0.39 is 0 Å². The highest BCUT2D eigenvalue weighted by Crippen LogP contribution is 2.29. The lowest BCUT2D eigenvalue weighted by molar-refractivity contribution is 0.0786. The first-order chi connectivity index (χ1) is 15.5. The number of aryl methyl sites for hydroxylation is 1. The summed E-state index contributed by atoms with van der Waals surface area (Å²) in [5, 5.41) is 13.1. The Balaban J connectivity index is 1.19. The van der Waals surface area contributed by atoms with Crippen LogP contribution in [-0.4, -0.2) is 55.8 Å². The molecule has 5 rings (SSSR count). The topological polar surface area (TPSA) is 95.9 Å². The molecule has 0 spiro atoms. The van der Waals surface area contributed by atoms with Gasteiger partial charge in [-0.25, -0.2) is 4.68 Å². The van der Waals surface area contributed by atoms with E-state index in [0.29, 0.717) is 16.4 Å². The van der Waals surface area contributed by atoms with Crippen molar-refractivity contribution in [2.24, 2.45) is 0 Å². The van der Waals surface area contributed by atoms with Crippen LogP contribution in [-0.2, 0) is 0 Å². The van der Waals surface area contributed by atoms with Gasteiger partial charge in [0, 0.05) is 35.1 Å². The molecule has 3 aromatic rings. The molecule has 0 unspecified atom stereocenters. The number of aromatic amines is 1. The molecule has 1 saturated heterocycles. The molecule has 2 fully saturated rings. The highest BCUT2D eigenvalue weighted by atomic mass is 35.5. The molecule has 8 nitrogen and oxygen atoms in total. The number of carbonyl (C=O) groups excluding carboxylic acids is 2. The molecule has 1 aromatic carbocycles. The number of hydrogen-bond acceptors (Lipinski definition) is 4. The maximum absolute atomic E-state index is 12.9. The number of halogens is 1. The summed E-state index contributed by atoms with van der Waals surface area (Å²) >= 11 is 6.10. The van der Waals surface area contributed by atoms with Gasteiger partial charge in [-0.05, 0) is 69.2 Å². The molecule has 3 heterocycles. The number of H-pyrrole nitrogens is 1. The predicted octanol–water partition coefficient (Wildman–Crippen LogP) is 3.87. The van der Waals surface area contributed by atoms with Gasteiger partial charge in [0.2, 0.25) is 0 Å². The van der Waals surface area contributed by atoms with Gasteiger partial charge in [-0.2, -0.15) is 0 Å². The first kappa shape index (κ1) is 21.0. The van der Waals surface area contributed by atoms with Crippen molar-refractivity contribution in [3.63, 3.8) is 0 Å². The number of likely N-dealkylation sites (tertiary alicyclic amines) is 1. The summed E-state index contributed by atoms with van der Waals surface area (Å²) in [4.78, 5) is 30.5. The Morgan fingerprint density at radius 2 is 1.91 bits per heavy atom. The molecular formula is C23H27ClN6O2. The lowest BCUT2D eigenvalue weighted by Crippen LogP contribution is -2.38. The van der Waals surface area contributed by atoms with E-state index in [1.165, 1.54) is 0 Å². The van der Waals surface area contributed by atoms with Gasteiger partial charge in [-0.1, -0.05) is 16.8 Å². The van der Waals surface area contributed by atoms with Crippen molar-refractivity contribution in [3.05, 3.63) is 46.4 Å². The Labute approximate surface area is 191 Å². The van der Waals surface area contributed by atoms with E-state index in [-0.39, 0.29) is 23.9 Å². The van der Waals surface area contributed by atoms with E-state index in [9.17, 15) is 9.59 Å². The van der Waals surface area contributed by atoms with Crippen LogP contribution in [0.4, 0.5) is 0 Å². The summed E-state index contributed by atoms with van der Waals surface area (Å²) in [5.74, 6) is -0.109. The van der Waals surface area contributed by atoms with Crippen molar-refractivity contribution in [2.45, 2.75) is 57.5 Å². The van der Waals surface area contributed by atoms with Crippen LogP contribution < -0.4 is 5.32 Å². The zero-order valence-electron chi connectivity index (χ0n) is 18.1. The van der Waals surface area contributed by atoms with Crippen molar-refractivity contribution in [1.82, 2.24) is 30.2 Å². The summed E-state index contributed by atoms with van der Waals surface area (Å²) in [6, 6.07) is 5.91.